The molecule has 1 aliphatic rings. The Morgan fingerprint density at radius 2 is 1.86 bits per heavy atom. The summed E-state index contributed by atoms with van der Waals surface area (Å²) in [6.45, 7) is 0. The quantitative estimate of drug-likeness (QED) is 0.402. The summed E-state index contributed by atoms with van der Waals surface area (Å²) in [6, 6.07) is 10.6. The van der Waals surface area contributed by atoms with Crippen LogP contribution in [0.15, 0.2) is 59.9 Å². The van der Waals surface area contributed by atoms with Crippen molar-refractivity contribution in [1.82, 2.24) is 33.9 Å². The minimum absolute atomic E-state index is 0.0268. The number of imidazole rings is 1. The normalized spacial score (nSPS) is 14.7. The number of aromatic amines is 1. The van der Waals surface area contributed by atoms with Crippen LogP contribution in [0.4, 0.5) is 0 Å². The monoisotopic (exact) mass is 463 g/mol. The molecule has 1 N–H and O–H groups in total. The first-order chi connectivity index (χ1) is 17.1. The molecular weight excluding hydrogens is 438 g/mol. The van der Waals surface area contributed by atoms with Crippen LogP contribution in [0, 0.1) is 0 Å². The smallest absolute Gasteiger partial charge is 0.329 e. The number of pyridine rings is 2. The second-order valence-electron chi connectivity index (χ2n) is 9.52. The number of fused-ring (bicyclic) bond motifs is 4. The van der Waals surface area contributed by atoms with E-state index in [0.717, 1.165) is 81.0 Å². The predicted octanol–water partition coefficient (Wildman–Crippen LogP) is 4.95. The third-order valence-electron chi connectivity index (χ3n) is 7.55. The molecule has 8 heteroatoms. The van der Waals surface area contributed by atoms with E-state index >= 15 is 0 Å². The molecule has 0 amide bonds. The van der Waals surface area contributed by atoms with E-state index in [0.29, 0.717) is 0 Å². The molecule has 0 spiro atoms. The average Bonchev–Trinajstić information content (AvgIpc) is 3.66. The number of aromatic nitrogens is 7. The second kappa shape index (κ2) is 7.40. The summed E-state index contributed by atoms with van der Waals surface area (Å²) < 4.78 is 5.65. The van der Waals surface area contributed by atoms with Crippen LogP contribution in [-0.4, -0.2) is 33.9 Å². The highest BCUT2D eigenvalue weighted by molar-refractivity contribution is 6.14. The summed E-state index contributed by atoms with van der Waals surface area (Å²) >= 11 is 0. The molecule has 35 heavy (non-hydrogen) atoms. The van der Waals surface area contributed by atoms with Crippen molar-refractivity contribution in [3.63, 3.8) is 0 Å². The van der Waals surface area contributed by atoms with E-state index in [2.05, 4.69) is 39.3 Å². The molecule has 0 unspecified atom stereocenters. The van der Waals surface area contributed by atoms with Crippen LogP contribution in [0.3, 0.4) is 0 Å². The first kappa shape index (κ1) is 20.2. The van der Waals surface area contributed by atoms with Gasteiger partial charge in [-0.15, -0.1) is 0 Å². The van der Waals surface area contributed by atoms with E-state index in [9.17, 15) is 4.79 Å². The lowest BCUT2D eigenvalue weighted by molar-refractivity contribution is 0.510. The number of hydrogen-bond donors (Lipinski definition) is 1. The summed E-state index contributed by atoms with van der Waals surface area (Å²) in [5, 5.41) is 6.48. The molecular formula is C27H25N7O. The van der Waals surface area contributed by atoms with E-state index in [4.69, 9.17) is 4.98 Å². The first-order valence-corrected chi connectivity index (χ1v) is 12.1. The van der Waals surface area contributed by atoms with Gasteiger partial charge >= 0.3 is 5.69 Å². The zero-order chi connectivity index (χ0) is 23.7. The zero-order valence-corrected chi connectivity index (χ0v) is 19.7. The van der Waals surface area contributed by atoms with Gasteiger partial charge in [0.15, 0.2) is 0 Å². The molecule has 0 bridgehead atoms. The molecule has 5 heterocycles. The second-order valence-corrected chi connectivity index (χ2v) is 9.52. The Morgan fingerprint density at radius 1 is 1.00 bits per heavy atom. The van der Waals surface area contributed by atoms with Crippen molar-refractivity contribution in [3.05, 3.63) is 65.6 Å². The molecule has 1 fully saturated rings. The fraction of sp³-hybridized carbons (Fsp3) is 0.259. The largest absolute Gasteiger partial charge is 0.339 e. The molecule has 7 rings (SSSR count). The third kappa shape index (κ3) is 2.86. The number of H-pyrrole nitrogens is 1. The minimum Gasteiger partial charge on any atom is -0.339 e. The Hall–Kier alpha value is -4.20. The van der Waals surface area contributed by atoms with Crippen LogP contribution in [0.25, 0.3) is 55.4 Å². The molecule has 6 aromatic rings. The van der Waals surface area contributed by atoms with E-state index in [1.165, 1.54) is 0 Å². The molecule has 1 saturated carbocycles. The highest BCUT2D eigenvalue weighted by Gasteiger charge is 2.27. The van der Waals surface area contributed by atoms with Crippen LogP contribution in [0.5, 0.6) is 0 Å². The summed E-state index contributed by atoms with van der Waals surface area (Å²) in [6.07, 6.45) is 11.7. The number of nitrogens with zero attached hydrogens (tertiary/aromatic N) is 6. The predicted molar refractivity (Wildman–Crippen MR) is 137 cm³/mol. The summed E-state index contributed by atoms with van der Waals surface area (Å²) in [5.74, 6) is 0. The number of nitrogens with one attached hydrogen (secondary N) is 1. The number of aryl methyl sites for hydroxylation is 2. The van der Waals surface area contributed by atoms with Crippen LogP contribution >= 0.6 is 0 Å². The van der Waals surface area contributed by atoms with Gasteiger partial charge in [-0.3, -0.25) is 18.8 Å². The average molecular weight is 464 g/mol. The highest BCUT2D eigenvalue weighted by Crippen LogP contribution is 2.42. The summed E-state index contributed by atoms with van der Waals surface area (Å²) in [7, 11) is 3.80. The van der Waals surface area contributed by atoms with Gasteiger partial charge in [-0.2, -0.15) is 5.10 Å². The van der Waals surface area contributed by atoms with Crippen molar-refractivity contribution in [3.8, 4) is 22.4 Å². The van der Waals surface area contributed by atoms with Crippen molar-refractivity contribution >= 4 is 33.0 Å². The SMILES string of the molecule is Cn1ncc2cc(-c3c(-c4cccnc4)[nH]c4ncc5c(c34)n(C3CCCC3)c(=O)n5C)ccc21. The fourth-order valence-electron chi connectivity index (χ4n) is 5.81. The molecule has 0 radical (unpaired) electrons. The van der Waals surface area contributed by atoms with Gasteiger partial charge < -0.3 is 4.98 Å². The van der Waals surface area contributed by atoms with Crippen LogP contribution < -0.4 is 5.69 Å². The van der Waals surface area contributed by atoms with Gasteiger partial charge in [0.2, 0.25) is 0 Å². The Morgan fingerprint density at radius 3 is 2.66 bits per heavy atom. The van der Waals surface area contributed by atoms with Crippen LogP contribution in [0.2, 0.25) is 0 Å². The standard InChI is InChI=1S/C27H25N7O/c1-32-21-15-29-26-23(25(21)34(27(32)35)19-7-3-4-8-19)22(24(31-26)17-6-5-11-28-13-17)16-9-10-20-18(12-16)14-30-33(20)2/h5-6,9-15,19H,3-4,7-8H2,1-2H3,(H,29,31). The lowest BCUT2D eigenvalue weighted by Gasteiger charge is -2.13. The topological polar surface area (TPSA) is 86.3 Å². The van der Waals surface area contributed by atoms with Gasteiger partial charge in [0.1, 0.15) is 5.65 Å². The van der Waals surface area contributed by atoms with Gasteiger partial charge in [0, 0.05) is 49.0 Å². The lowest BCUT2D eigenvalue weighted by atomic mass is 9.98. The molecule has 0 saturated heterocycles. The molecule has 1 aromatic carbocycles. The summed E-state index contributed by atoms with van der Waals surface area (Å²) in [5.41, 5.74) is 7.71. The Bertz CT molecular complexity index is 1800. The zero-order valence-electron chi connectivity index (χ0n) is 19.7. The maximum absolute atomic E-state index is 13.5. The third-order valence-corrected chi connectivity index (χ3v) is 7.55. The minimum atomic E-state index is 0.0268. The number of rotatable bonds is 3. The van der Waals surface area contributed by atoms with E-state index < -0.39 is 0 Å². The van der Waals surface area contributed by atoms with Gasteiger partial charge in [0.25, 0.3) is 0 Å². The van der Waals surface area contributed by atoms with E-state index in [-0.39, 0.29) is 11.7 Å². The molecule has 0 aliphatic heterocycles. The number of benzene rings is 1. The first-order valence-electron chi connectivity index (χ1n) is 12.1. The van der Waals surface area contributed by atoms with Crippen LogP contribution in [-0.2, 0) is 14.1 Å². The molecule has 8 nitrogen and oxygen atoms in total. The Labute approximate surface area is 200 Å². The highest BCUT2D eigenvalue weighted by atomic mass is 16.1. The van der Waals surface area contributed by atoms with Gasteiger partial charge in [-0.25, -0.2) is 9.78 Å². The van der Waals surface area contributed by atoms with Crippen molar-refractivity contribution < 1.29 is 0 Å². The molecule has 5 aromatic heterocycles. The van der Waals surface area contributed by atoms with E-state index in [1.807, 2.05) is 48.0 Å². The molecule has 1 aliphatic carbocycles. The van der Waals surface area contributed by atoms with E-state index in [1.54, 1.807) is 10.8 Å². The molecule has 0 atom stereocenters. The van der Waals surface area contributed by atoms with Crippen molar-refractivity contribution in [1.29, 1.82) is 0 Å². The van der Waals surface area contributed by atoms with Gasteiger partial charge in [-0.1, -0.05) is 18.9 Å². The lowest BCUT2D eigenvalue weighted by Crippen LogP contribution is -2.24. The molecule has 174 valence electrons. The summed E-state index contributed by atoms with van der Waals surface area (Å²) in [4.78, 5) is 26.2. The van der Waals surface area contributed by atoms with Gasteiger partial charge in [-0.05, 0) is 42.7 Å². The van der Waals surface area contributed by atoms with Gasteiger partial charge in [0.05, 0.1) is 40.0 Å². The van der Waals surface area contributed by atoms with Crippen molar-refractivity contribution in [2.45, 2.75) is 31.7 Å². The number of hydrogen-bond acceptors (Lipinski definition) is 4. The maximum atomic E-state index is 13.5. The maximum Gasteiger partial charge on any atom is 0.329 e. The van der Waals surface area contributed by atoms with Crippen LogP contribution in [0.1, 0.15) is 31.7 Å². The Kier molecular flexibility index (Phi) is 4.27. The fourth-order valence-corrected chi connectivity index (χ4v) is 5.81. The Balaban J connectivity index is 1.64. The van der Waals surface area contributed by atoms with Crippen molar-refractivity contribution in [2.75, 3.05) is 0 Å². The van der Waals surface area contributed by atoms with Crippen molar-refractivity contribution in [2.24, 2.45) is 14.1 Å².